The van der Waals surface area contributed by atoms with Gasteiger partial charge in [-0.3, -0.25) is 0 Å². The number of alkyl halides is 3. The fraction of sp³-hybridized carbons (Fsp3) is 0.500. The molecule has 0 saturated carbocycles. The maximum atomic E-state index is 13.1. The highest BCUT2D eigenvalue weighted by Crippen LogP contribution is 2.32. The first kappa shape index (κ1) is 15.3. The summed E-state index contributed by atoms with van der Waals surface area (Å²) in [6.07, 6.45) is -3.88. The zero-order valence-electron chi connectivity index (χ0n) is 11.8. The van der Waals surface area contributed by atoms with E-state index in [9.17, 15) is 13.2 Å². The quantitative estimate of drug-likeness (QED) is 0.838. The lowest BCUT2D eigenvalue weighted by Gasteiger charge is -2.27. The summed E-state index contributed by atoms with van der Waals surface area (Å²) in [4.78, 5) is 9.93. The minimum atomic E-state index is -4.58. The molecule has 0 atom stereocenters. The second kappa shape index (κ2) is 5.88. The molecule has 0 radical (unpaired) electrons. The number of halogens is 3. The van der Waals surface area contributed by atoms with Crippen LogP contribution in [-0.4, -0.2) is 52.4 Å². The molecule has 11 heteroatoms. The molecule has 122 valence electrons. The maximum absolute atomic E-state index is 13.1. The predicted molar refractivity (Wildman–Crippen MR) is 72.9 cm³/mol. The number of nitrogens with one attached hydrogen (secondary N) is 1. The SMILES string of the molecule is N#CCNc1nc(N2CCOCC2)nc2c(C(F)(F)F)cnn12. The number of fused-ring (bicyclic) bond motifs is 1. The van der Waals surface area contributed by atoms with E-state index in [1.807, 2.05) is 6.07 Å². The Bertz CT molecular complexity index is 745. The molecule has 2 aromatic rings. The number of ether oxygens (including phenoxy) is 1. The molecule has 0 bridgehead atoms. The number of anilines is 2. The average Bonchev–Trinajstić information content (AvgIpc) is 2.97. The van der Waals surface area contributed by atoms with Gasteiger partial charge >= 0.3 is 6.18 Å². The second-order valence-corrected chi connectivity index (χ2v) is 4.75. The molecule has 1 saturated heterocycles. The predicted octanol–water partition coefficient (Wildman–Crippen LogP) is 0.915. The number of nitrogens with zero attached hydrogens (tertiary/aromatic N) is 6. The molecule has 8 nitrogen and oxygen atoms in total. The Morgan fingerprint density at radius 1 is 1.30 bits per heavy atom. The van der Waals surface area contributed by atoms with E-state index in [0.717, 1.165) is 4.52 Å². The van der Waals surface area contributed by atoms with Crippen molar-refractivity contribution in [2.24, 2.45) is 0 Å². The maximum Gasteiger partial charge on any atom is 0.421 e. The largest absolute Gasteiger partial charge is 0.421 e. The molecule has 1 aliphatic heterocycles. The molecule has 2 aromatic heterocycles. The van der Waals surface area contributed by atoms with Gasteiger partial charge in [-0.05, 0) is 0 Å². The zero-order valence-corrected chi connectivity index (χ0v) is 11.8. The first-order valence-corrected chi connectivity index (χ1v) is 6.77. The van der Waals surface area contributed by atoms with Crippen LogP contribution < -0.4 is 10.2 Å². The molecule has 1 aliphatic rings. The van der Waals surface area contributed by atoms with Crippen molar-refractivity contribution in [2.75, 3.05) is 43.1 Å². The van der Waals surface area contributed by atoms with Gasteiger partial charge in [0.15, 0.2) is 5.65 Å². The highest BCUT2D eigenvalue weighted by Gasteiger charge is 2.36. The van der Waals surface area contributed by atoms with Crippen LogP contribution in [0.25, 0.3) is 5.65 Å². The highest BCUT2D eigenvalue weighted by atomic mass is 19.4. The van der Waals surface area contributed by atoms with E-state index in [-0.39, 0.29) is 24.1 Å². The van der Waals surface area contributed by atoms with Crippen LogP contribution in [0.15, 0.2) is 6.20 Å². The van der Waals surface area contributed by atoms with Gasteiger partial charge in [-0.15, -0.1) is 0 Å². The summed E-state index contributed by atoms with van der Waals surface area (Å²) < 4.78 is 45.4. The Morgan fingerprint density at radius 2 is 2.04 bits per heavy atom. The van der Waals surface area contributed by atoms with Gasteiger partial charge < -0.3 is 15.0 Å². The van der Waals surface area contributed by atoms with Gasteiger partial charge in [0.2, 0.25) is 11.9 Å². The number of hydrogen-bond donors (Lipinski definition) is 1. The van der Waals surface area contributed by atoms with Gasteiger partial charge in [0.25, 0.3) is 0 Å². The summed E-state index contributed by atoms with van der Waals surface area (Å²) in [5, 5.41) is 15.0. The van der Waals surface area contributed by atoms with Crippen molar-refractivity contribution in [3.05, 3.63) is 11.8 Å². The number of nitriles is 1. The number of rotatable bonds is 3. The highest BCUT2D eigenvalue weighted by molar-refractivity contribution is 5.56. The van der Waals surface area contributed by atoms with Crippen LogP contribution in [0.3, 0.4) is 0 Å². The minimum absolute atomic E-state index is 0.0357. The summed E-state index contributed by atoms with van der Waals surface area (Å²) in [6.45, 7) is 1.73. The summed E-state index contributed by atoms with van der Waals surface area (Å²) in [7, 11) is 0. The van der Waals surface area contributed by atoms with Gasteiger partial charge in [0.1, 0.15) is 12.1 Å². The first-order valence-electron chi connectivity index (χ1n) is 6.77. The summed E-state index contributed by atoms with van der Waals surface area (Å²) in [5.41, 5.74) is -1.30. The third-order valence-corrected chi connectivity index (χ3v) is 3.28. The van der Waals surface area contributed by atoms with E-state index in [1.165, 1.54) is 0 Å². The summed E-state index contributed by atoms with van der Waals surface area (Å²) in [5.74, 6) is 0.181. The van der Waals surface area contributed by atoms with E-state index in [0.29, 0.717) is 32.5 Å². The normalized spacial score (nSPS) is 15.7. The van der Waals surface area contributed by atoms with Crippen molar-refractivity contribution in [1.29, 1.82) is 5.26 Å². The van der Waals surface area contributed by atoms with Crippen LogP contribution in [0.5, 0.6) is 0 Å². The van der Waals surface area contributed by atoms with Crippen molar-refractivity contribution in [1.82, 2.24) is 19.6 Å². The third kappa shape index (κ3) is 2.98. The lowest BCUT2D eigenvalue weighted by molar-refractivity contribution is -0.136. The molecule has 0 unspecified atom stereocenters. The van der Waals surface area contributed by atoms with E-state index < -0.39 is 11.7 Å². The number of aromatic nitrogens is 4. The molecule has 3 rings (SSSR count). The Labute approximate surface area is 128 Å². The topological polar surface area (TPSA) is 91.4 Å². The number of morpholine rings is 1. The van der Waals surface area contributed by atoms with Crippen LogP contribution >= 0.6 is 0 Å². The molecular weight excluding hydrogens is 315 g/mol. The average molecular weight is 327 g/mol. The molecule has 0 spiro atoms. The Hall–Kier alpha value is -2.61. The van der Waals surface area contributed by atoms with Crippen molar-refractivity contribution < 1.29 is 17.9 Å². The smallest absolute Gasteiger partial charge is 0.378 e. The molecule has 1 fully saturated rings. The fourth-order valence-electron chi connectivity index (χ4n) is 2.20. The Balaban J connectivity index is 2.11. The van der Waals surface area contributed by atoms with E-state index >= 15 is 0 Å². The van der Waals surface area contributed by atoms with E-state index in [2.05, 4.69) is 20.4 Å². The van der Waals surface area contributed by atoms with Gasteiger partial charge in [-0.1, -0.05) is 0 Å². The van der Waals surface area contributed by atoms with Crippen molar-refractivity contribution in [3.8, 4) is 6.07 Å². The number of hydrogen-bond acceptors (Lipinski definition) is 7. The summed E-state index contributed by atoms with van der Waals surface area (Å²) >= 11 is 0. The second-order valence-electron chi connectivity index (χ2n) is 4.75. The summed E-state index contributed by atoms with van der Waals surface area (Å²) in [6, 6.07) is 1.85. The van der Waals surface area contributed by atoms with Gasteiger partial charge in [-0.25, -0.2) is 0 Å². The van der Waals surface area contributed by atoms with Crippen molar-refractivity contribution >= 4 is 17.5 Å². The van der Waals surface area contributed by atoms with Crippen molar-refractivity contribution in [2.45, 2.75) is 6.18 Å². The van der Waals surface area contributed by atoms with Crippen LogP contribution in [-0.2, 0) is 10.9 Å². The molecule has 23 heavy (non-hydrogen) atoms. The molecule has 1 N–H and O–H groups in total. The Kier molecular flexibility index (Phi) is 3.91. The molecule has 3 heterocycles. The molecular formula is C12H12F3N7O. The zero-order chi connectivity index (χ0) is 16.4. The van der Waals surface area contributed by atoms with E-state index in [4.69, 9.17) is 10.00 Å². The van der Waals surface area contributed by atoms with Crippen LogP contribution in [0.1, 0.15) is 5.56 Å². The fourth-order valence-corrected chi connectivity index (χ4v) is 2.20. The monoisotopic (exact) mass is 327 g/mol. The molecule has 0 aromatic carbocycles. The lowest BCUT2D eigenvalue weighted by Crippen LogP contribution is -2.37. The van der Waals surface area contributed by atoms with Gasteiger partial charge in [0.05, 0.1) is 25.5 Å². The van der Waals surface area contributed by atoms with E-state index in [1.54, 1.807) is 4.90 Å². The Morgan fingerprint density at radius 3 is 2.70 bits per heavy atom. The van der Waals surface area contributed by atoms with Gasteiger partial charge in [0, 0.05) is 13.1 Å². The first-order chi connectivity index (χ1) is 11.0. The standard InChI is InChI=1S/C12H12F3N7O/c13-12(14,15)8-7-18-22-9(8)19-11(20-10(22)17-2-1-16)21-3-5-23-6-4-21/h7H,2-6H2,(H,17,19,20). The molecule has 0 aliphatic carbocycles. The molecule has 0 amide bonds. The lowest BCUT2D eigenvalue weighted by atomic mass is 10.3. The van der Waals surface area contributed by atoms with Crippen LogP contribution in [0.2, 0.25) is 0 Å². The van der Waals surface area contributed by atoms with Crippen LogP contribution in [0.4, 0.5) is 25.1 Å². The van der Waals surface area contributed by atoms with Gasteiger partial charge in [-0.2, -0.15) is 38.0 Å². The van der Waals surface area contributed by atoms with Crippen molar-refractivity contribution in [3.63, 3.8) is 0 Å². The van der Waals surface area contributed by atoms with Crippen LogP contribution in [0, 0.1) is 11.3 Å². The third-order valence-electron chi connectivity index (χ3n) is 3.28. The minimum Gasteiger partial charge on any atom is -0.378 e.